The lowest BCUT2D eigenvalue weighted by molar-refractivity contribution is 0.589. The Bertz CT molecular complexity index is 497. The Labute approximate surface area is 106 Å². The molecule has 2 heterocycles. The Morgan fingerprint density at radius 1 is 1.18 bits per heavy atom. The average Bonchev–Trinajstić information content (AvgIpc) is 2.39. The third kappa shape index (κ3) is 2.48. The van der Waals surface area contributed by atoms with E-state index in [1.165, 1.54) is 5.69 Å². The number of piperazine rings is 1. The van der Waals surface area contributed by atoms with Crippen LogP contribution in [0.2, 0.25) is 0 Å². The molecule has 0 spiro atoms. The number of nitrogens with one attached hydrogen (secondary N) is 1. The molecule has 2 aromatic rings. The zero-order valence-corrected chi connectivity index (χ0v) is 10.3. The van der Waals surface area contributed by atoms with Crippen LogP contribution in [-0.2, 0) is 0 Å². The van der Waals surface area contributed by atoms with Crippen molar-refractivity contribution in [2.24, 2.45) is 0 Å². The molecule has 1 aromatic carbocycles. The van der Waals surface area contributed by atoms with Gasteiger partial charge in [0, 0.05) is 43.4 Å². The van der Waals surface area contributed by atoms with Crippen molar-refractivity contribution in [2.75, 3.05) is 31.1 Å². The van der Waals surface area contributed by atoms with Crippen LogP contribution in [0, 0.1) is 0 Å². The van der Waals surface area contributed by atoms with Crippen molar-refractivity contribution in [3.63, 3.8) is 0 Å². The van der Waals surface area contributed by atoms with Crippen molar-refractivity contribution < 1.29 is 0 Å². The maximum atomic E-state index is 4.23. The highest BCUT2D eigenvalue weighted by Crippen LogP contribution is 2.20. The van der Waals surface area contributed by atoms with E-state index in [0.29, 0.717) is 0 Å². The van der Waals surface area contributed by atoms with Gasteiger partial charge in [-0.3, -0.25) is 0 Å². The maximum Gasteiger partial charge on any atom is 0.116 e. The van der Waals surface area contributed by atoms with E-state index in [2.05, 4.69) is 38.4 Å². The highest BCUT2D eigenvalue weighted by Gasteiger charge is 2.10. The van der Waals surface area contributed by atoms with Crippen LogP contribution in [-0.4, -0.2) is 36.1 Å². The molecule has 0 saturated carbocycles. The first kappa shape index (κ1) is 12.1. The van der Waals surface area contributed by atoms with Crippen LogP contribution in [0.4, 0.5) is 5.69 Å². The zero-order valence-electron chi connectivity index (χ0n) is 9.47. The van der Waals surface area contributed by atoms with Gasteiger partial charge in [0.15, 0.2) is 0 Å². The van der Waals surface area contributed by atoms with Crippen LogP contribution in [0.5, 0.6) is 0 Å². The number of anilines is 1. The summed E-state index contributed by atoms with van der Waals surface area (Å²) in [6.07, 6.45) is 3.46. The summed E-state index contributed by atoms with van der Waals surface area (Å²) in [5.74, 6) is 0. The van der Waals surface area contributed by atoms with Crippen molar-refractivity contribution in [1.29, 1.82) is 0 Å². The molecule has 0 bridgehead atoms. The van der Waals surface area contributed by atoms with Gasteiger partial charge in [0.05, 0.1) is 5.52 Å². The molecule has 5 heteroatoms. The van der Waals surface area contributed by atoms with E-state index in [1.807, 2.05) is 6.20 Å². The quantitative estimate of drug-likeness (QED) is 0.832. The number of rotatable bonds is 1. The lowest BCUT2D eigenvalue weighted by atomic mass is 10.2. The molecule has 0 unspecified atom stereocenters. The number of aromatic nitrogens is 2. The van der Waals surface area contributed by atoms with Gasteiger partial charge in [0.1, 0.15) is 6.33 Å². The van der Waals surface area contributed by atoms with Gasteiger partial charge in [-0.25, -0.2) is 9.97 Å². The number of hydrogen-bond donors (Lipinski definition) is 1. The van der Waals surface area contributed by atoms with Crippen LogP contribution in [0.15, 0.2) is 30.7 Å². The molecule has 17 heavy (non-hydrogen) atoms. The van der Waals surface area contributed by atoms with E-state index in [1.54, 1.807) is 6.33 Å². The Hall–Kier alpha value is -1.39. The Morgan fingerprint density at radius 3 is 2.82 bits per heavy atom. The fourth-order valence-corrected chi connectivity index (χ4v) is 2.09. The van der Waals surface area contributed by atoms with Gasteiger partial charge >= 0.3 is 0 Å². The second-order valence-corrected chi connectivity index (χ2v) is 4.00. The summed E-state index contributed by atoms with van der Waals surface area (Å²) in [5.41, 5.74) is 2.28. The van der Waals surface area contributed by atoms with Crippen molar-refractivity contribution in [2.45, 2.75) is 0 Å². The number of hydrogen-bond acceptors (Lipinski definition) is 4. The molecule has 1 saturated heterocycles. The molecule has 0 radical (unpaired) electrons. The first-order valence-corrected chi connectivity index (χ1v) is 5.59. The second kappa shape index (κ2) is 5.29. The summed E-state index contributed by atoms with van der Waals surface area (Å²) < 4.78 is 0. The maximum absolute atomic E-state index is 4.23. The predicted octanol–water partition coefficient (Wildman–Crippen LogP) is 1.46. The second-order valence-electron chi connectivity index (χ2n) is 4.00. The van der Waals surface area contributed by atoms with Crippen LogP contribution in [0.25, 0.3) is 10.9 Å². The van der Waals surface area contributed by atoms with Gasteiger partial charge < -0.3 is 10.2 Å². The number of benzene rings is 1. The largest absolute Gasteiger partial charge is 0.369 e. The summed E-state index contributed by atoms with van der Waals surface area (Å²) in [7, 11) is 0. The minimum atomic E-state index is 0. The molecular weight excluding hydrogens is 236 g/mol. The topological polar surface area (TPSA) is 41.1 Å². The minimum absolute atomic E-state index is 0. The highest BCUT2D eigenvalue weighted by atomic mass is 35.5. The molecule has 0 atom stereocenters. The fourth-order valence-electron chi connectivity index (χ4n) is 2.09. The van der Waals surface area contributed by atoms with Crippen LogP contribution in [0.3, 0.4) is 0 Å². The first-order chi connectivity index (χ1) is 7.93. The standard InChI is InChI=1S/C12H14N4.ClH/c1-2-12-10(8-14-9-15-12)7-11(1)16-5-3-13-4-6-16;/h1-2,7-9,13H,3-6H2;1H. The van der Waals surface area contributed by atoms with Gasteiger partial charge in [0.25, 0.3) is 0 Å². The number of fused-ring (bicyclic) bond motifs is 1. The molecule has 90 valence electrons. The normalized spacial score (nSPS) is 15.6. The van der Waals surface area contributed by atoms with Gasteiger partial charge in [-0.1, -0.05) is 0 Å². The van der Waals surface area contributed by atoms with E-state index in [4.69, 9.17) is 0 Å². The Balaban J connectivity index is 0.00000108. The Morgan fingerprint density at radius 2 is 2.00 bits per heavy atom. The lowest BCUT2D eigenvalue weighted by Crippen LogP contribution is -2.43. The molecule has 4 nitrogen and oxygen atoms in total. The minimum Gasteiger partial charge on any atom is -0.369 e. The van der Waals surface area contributed by atoms with Crippen molar-refractivity contribution in [1.82, 2.24) is 15.3 Å². The van der Waals surface area contributed by atoms with E-state index in [-0.39, 0.29) is 12.4 Å². The van der Waals surface area contributed by atoms with Gasteiger partial charge in [-0.05, 0) is 18.2 Å². The molecule has 1 fully saturated rings. The van der Waals surface area contributed by atoms with Gasteiger partial charge in [-0.15, -0.1) is 12.4 Å². The molecule has 3 rings (SSSR count). The molecule has 1 aliphatic heterocycles. The van der Waals surface area contributed by atoms with Gasteiger partial charge in [0.2, 0.25) is 0 Å². The van der Waals surface area contributed by atoms with Crippen LogP contribution < -0.4 is 10.2 Å². The van der Waals surface area contributed by atoms with Gasteiger partial charge in [-0.2, -0.15) is 0 Å². The third-order valence-corrected chi connectivity index (χ3v) is 2.97. The SMILES string of the molecule is Cl.c1ncc2cc(N3CCNCC3)ccc2n1. The van der Waals surface area contributed by atoms with Crippen molar-refractivity contribution in [3.8, 4) is 0 Å². The number of halogens is 1. The summed E-state index contributed by atoms with van der Waals surface area (Å²) >= 11 is 0. The van der Waals surface area contributed by atoms with E-state index in [9.17, 15) is 0 Å². The molecule has 0 aliphatic carbocycles. The average molecular weight is 251 g/mol. The van der Waals surface area contributed by atoms with Crippen molar-refractivity contribution in [3.05, 3.63) is 30.7 Å². The van der Waals surface area contributed by atoms with E-state index < -0.39 is 0 Å². The fraction of sp³-hybridized carbons (Fsp3) is 0.333. The predicted molar refractivity (Wildman–Crippen MR) is 71.9 cm³/mol. The lowest BCUT2D eigenvalue weighted by Gasteiger charge is -2.29. The molecule has 1 aromatic heterocycles. The third-order valence-electron chi connectivity index (χ3n) is 2.97. The summed E-state index contributed by atoms with van der Waals surface area (Å²) in [6, 6.07) is 6.37. The summed E-state index contributed by atoms with van der Waals surface area (Å²) in [6.45, 7) is 4.26. The summed E-state index contributed by atoms with van der Waals surface area (Å²) in [4.78, 5) is 10.7. The monoisotopic (exact) mass is 250 g/mol. The molecule has 1 aliphatic rings. The molecular formula is C12H15ClN4. The zero-order chi connectivity index (χ0) is 10.8. The number of nitrogens with zero attached hydrogens (tertiary/aromatic N) is 3. The van der Waals surface area contributed by atoms with E-state index in [0.717, 1.165) is 37.1 Å². The summed E-state index contributed by atoms with van der Waals surface area (Å²) in [5, 5.41) is 4.47. The van der Waals surface area contributed by atoms with Crippen LogP contribution >= 0.6 is 12.4 Å². The molecule has 0 amide bonds. The Kier molecular flexibility index (Phi) is 3.76. The van der Waals surface area contributed by atoms with Crippen molar-refractivity contribution >= 4 is 29.0 Å². The highest BCUT2D eigenvalue weighted by molar-refractivity contribution is 5.85. The van der Waals surface area contributed by atoms with E-state index >= 15 is 0 Å². The molecule has 1 N–H and O–H groups in total. The van der Waals surface area contributed by atoms with Crippen LogP contribution in [0.1, 0.15) is 0 Å². The smallest absolute Gasteiger partial charge is 0.116 e. The first-order valence-electron chi connectivity index (χ1n) is 5.59.